The Bertz CT molecular complexity index is 792. The van der Waals surface area contributed by atoms with Crippen LogP contribution in [0.1, 0.15) is 12.5 Å². The van der Waals surface area contributed by atoms with Gasteiger partial charge in [-0.2, -0.15) is 4.72 Å². The minimum atomic E-state index is -3.75. The van der Waals surface area contributed by atoms with E-state index in [2.05, 4.69) is 20.7 Å². The van der Waals surface area contributed by atoms with E-state index < -0.39 is 16.1 Å². The molecule has 128 valence electrons. The summed E-state index contributed by atoms with van der Waals surface area (Å²) in [5.41, 5.74) is 0.983. The van der Waals surface area contributed by atoms with Gasteiger partial charge in [-0.25, -0.2) is 8.42 Å². The zero-order valence-corrected chi connectivity index (χ0v) is 15.8. The molecule has 2 rings (SSSR count). The summed E-state index contributed by atoms with van der Waals surface area (Å²) in [4.78, 5) is 14.0. The molecular formula is C17H19BrN2O3S. The lowest BCUT2D eigenvalue weighted by Crippen LogP contribution is -2.45. The first-order valence-electron chi connectivity index (χ1n) is 7.36. The number of rotatable bonds is 6. The average Bonchev–Trinajstić information content (AvgIpc) is 2.55. The lowest BCUT2D eigenvalue weighted by atomic mass is 10.2. The lowest BCUT2D eigenvalue weighted by molar-refractivity contribution is -0.131. The van der Waals surface area contributed by atoms with E-state index in [-0.39, 0.29) is 10.8 Å². The molecule has 2 aromatic rings. The Labute approximate surface area is 150 Å². The highest BCUT2D eigenvalue weighted by Crippen LogP contribution is 2.15. The van der Waals surface area contributed by atoms with Crippen LogP contribution in [0.4, 0.5) is 0 Å². The van der Waals surface area contributed by atoms with E-state index in [0.717, 1.165) is 10.0 Å². The minimum Gasteiger partial charge on any atom is -0.340 e. The molecule has 0 saturated heterocycles. The van der Waals surface area contributed by atoms with Crippen LogP contribution in [0.15, 0.2) is 64.0 Å². The Kier molecular flexibility index (Phi) is 6.15. The summed E-state index contributed by atoms with van der Waals surface area (Å²) >= 11 is 3.26. The van der Waals surface area contributed by atoms with E-state index in [1.807, 2.05) is 30.3 Å². The number of likely N-dealkylation sites (N-methyl/N-ethyl adjacent to an activating group) is 1. The highest BCUT2D eigenvalue weighted by atomic mass is 79.9. The molecule has 0 radical (unpaired) electrons. The Morgan fingerprint density at radius 3 is 2.29 bits per heavy atom. The number of halogens is 1. The summed E-state index contributed by atoms with van der Waals surface area (Å²) in [5, 5.41) is 0. The van der Waals surface area contributed by atoms with Crippen LogP contribution < -0.4 is 4.72 Å². The first-order valence-corrected chi connectivity index (χ1v) is 9.64. The third-order valence-corrected chi connectivity index (χ3v) is 5.55. The molecule has 0 spiro atoms. The van der Waals surface area contributed by atoms with Crippen LogP contribution in [0.2, 0.25) is 0 Å². The molecule has 0 fully saturated rings. The van der Waals surface area contributed by atoms with Gasteiger partial charge in [-0.15, -0.1) is 0 Å². The number of nitrogens with one attached hydrogen (secondary N) is 1. The van der Waals surface area contributed by atoms with Crippen molar-refractivity contribution in [1.29, 1.82) is 0 Å². The fraction of sp³-hybridized carbons (Fsp3) is 0.235. The van der Waals surface area contributed by atoms with Gasteiger partial charge in [-0.1, -0.05) is 46.3 Å². The molecule has 1 unspecified atom stereocenters. The molecule has 7 heteroatoms. The molecular weight excluding hydrogens is 392 g/mol. The quantitative estimate of drug-likeness (QED) is 0.795. The SMILES string of the molecule is CC(NS(=O)(=O)c1ccc(Br)cc1)C(=O)N(C)Cc1ccccc1. The third kappa shape index (κ3) is 4.90. The monoisotopic (exact) mass is 410 g/mol. The van der Waals surface area contributed by atoms with Gasteiger partial charge in [0.2, 0.25) is 15.9 Å². The Morgan fingerprint density at radius 2 is 1.71 bits per heavy atom. The van der Waals surface area contributed by atoms with E-state index in [4.69, 9.17) is 0 Å². The molecule has 1 atom stereocenters. The number of sulfonamides is 1. The number of nitrogens with zero attached hydrogens (tertiary/aromatic N) is 1. The molecule has 2 aromatic carbocycles. The van der Waals surface area contributed by atoms with Crippen molar-refractivity contribution in [2.45, 2.75) is 24.4 Å². The van der Waals surface area contributed by atoms with E-state index in [0.29, 0.717) is 6.54 Å². The number of hydrogen-bond acceptors (Lipinski definition) is 3. The summed E-state index contributed by atoms with van der Waals surface area (Å²) in [5.74, 6) is -0.292. The molecule has 24 heavy (non-hydrogen) atoms. The van der Waals surface area contributed by atoms with Crippen molar-refractivity contribution in [3.63, 3.8) is 0 Å². The largest absolute Gasteiger partial charge is 0.340 e. The van der Waals surface area contributed by atoms with Crippen LogP contribution in [-0.2, 0) is 21.4 Å². The lowest BCUT2D eigenvalue weighted by Gasteiger charge is -2.22. The standard InChI is InChI=1S/C17H19BrN2O3S/c1-13(17(21)20(2)12-14-6-4-3-5-7-14)19-24(22,23)16-10-8-15(18)9-11-16/h3-11,13,19H,12H2,1-2H3. The molecule has 0 saturated carbocycles. The van der Waals surface area contributed by atoms with Crippen molar-refractivity contribution in [3.05, 3.63) is 64.6 Å². The maximum Gasteiger partial charge on any atom is 0.241 e. The van der Waals surface area contributed by atoms with E-state index >= 15 is 0 Å². The number of benzene rings is 2. The van der Waals surface area contributed by atoms with E-state index in [9.17, 15) is 13.2 Å². The Balaban J connectivity index is 2.03. The van der Waals surface area contributed by atoms with Gasteiger partial charge < -0.3 is 4.90 Å². The number of carbonyl (C=O) groups is 1. The smallest absolute Gasteiger partial charge is 0.241 e. The molecule has 0 aliphatic heterocycles. The molecule has 0 aromatic heterocycles. The minimum absolute atomic E-state index is 0.121. The van der Waals surface area contributed by atoms with Crippen molar-refractivity contribution >= 4 is 31.9 Å². The highest BCUT2D eigenvalue weighted by Gasteiger charge is 2.24. The maximum absolute atomic E-state index is 12.4. The zero-order valence-electron chi connectivity index (χ0n) is 13.4. The first kappa shape index (κ1) is 18.6. The van der Waals surface area contributed by atoms with Crippen LogP contribution >= 0.6 is 15.9 Å². The van der Waals surface area contributed by atoms with Crippen molar-refractivity contribution in [2.24, 2.45) is 0 Å². The maximum atomic E-state index is 12.4. The van der Waals surface area contributed by atoms with Gasteiger partial charge >= 0.3 is 0 Å². The molecule has 0 aliphatic carbocycles. The van der Waals surface area contributed by atoms with Gasteiger partial charge in [-0.05, 0) is 36.8 Å². The fourth-order valence-electron chi connectivity index (χ4n) is 2.23. The van der Waals surface area contributed by atoms with Crippen LogP contribution in [0, 0.1) is 0 Å². The van der Waals surface area contributed by atoms with Gasteiger partial charge in [-0.3, -0.25) is 4.79 Å². The molecule has 0 aliphatic rings. The second-order valence-corrected chi connectivity index (χ2v) is 8.11. The van der Waals surface area contributed by atoms with Crippen molar-refractivity contribution in [1.82, 2.24) is 9.62 Å². The van der Waals surface area contributed by atoms with Crippen LogP contribution in [0.3, 0.4) is 0 Å². The Morgan fingerprint density at radius 1 is 1.12 bits per heavy atom. The first-order chi connectivity index (χ1) is 11.3. The highest BCUT2D eigenvalue weighted by molar-refractivity contribution is 9.10. The summed E-state index contributed by atoms with van der Waals surface area (Å²) in [6.07, 6.45) is 0. The van der Waals surface area contributed by atoms with Crippen molar-refractivity contribution < 1.29 is 13.2 Å². The van der Waals surface area contributed by atoms with Gasteiger partial charge in [0.05, 0.1) is 10.9 Å². The van der Waals surface area contributed by atoms with Crippen LogP contribution in [0.5, 0.6) is 0 Å². The number of hydrogen-bond donors (Lipinski definition) is 1. The van der Waals surface area contributed by atoms with Gasteiger partial charge in [0.1, 0.15) is 0 Å². The van der Waals surface area contributed by atoms with Gasteiger partial charge in [0, 0.05) is 18.1 Å². The summed E-state index contributed by atoms with van der Waals surface area (Å²) in [6.45, 7) is 1.96. The van der Waals surface area contributed by atoms with Crippen molar-refractivity contribution in [2.75, 3.05) is 7.05 Å². The molecule has 0 bridgehead atoms. The molecule has 1 N–H and O–H groups in total. The second kappa shape index (κ2) is 7.92. The predicted octanol–water partition coefficient (Wildman–Crippen LogP) is 2.77. The van der Waals surface area contributed by atoms with Crippen LogP contribution in [0.25, 0.3) is 0 Å². The summed E-state index contributed by atoms with van der Waals surface area (Å²) < 4.78 is 27.9. The average molecular weight is 411 g/mol. The molecule has 1 amide bonds. The van der Waals surface area contributed by atoms with E-state index in [1.54, 1.807) is 26.1 Å². The molecule has 5 nitrogen and oxygen atoms in total. The number of amides is 1. The van der Waals surface area contributed by atoms with Gasteiger partial charge in [0.15, 0.2) is 0 Å². The van der Waals surface area contributed by atoms with Crippen LogP contribution in [-0.4, -0.2) is 32.3 Å². The Hall–Kier alpha value is -1.70. The molecule has 0 heterocycles. The summed E-state index contributed by atoms with van der Waals surface area (Å²) in [7, 11) is -2.09. The third-order valence-electron chi connectivity index (χ3n) is 3.47. The topological polar surface area (TPSA) is 66.5 Å². The second-order valence-electron chi connectivity index (χ2n) is 5.48. The predicted molar refractivity (Wildman–Crippen MR) is 96.8 cm³/mol. The van der Waals surface area contributed by atoms with E-state index in [1.165, 1.54) is 17.0 Å². The number of carbonyl (C=O) groups excluding carboxylic acids is 1. The fourth-order valence-corrected chi connectivity index (χ4v) is 3.69. The summed E-state index contributed by atoms with van der Waals surface area (Å²) in [6, 6.07) is 14.9. The van der Waals surface area contributed by atoms with Crippen molar-refractivity contribution in [3.8, 4) is 0 Å². The zero-order chi connectivity index (χ0) is 17.7. The van der Waals surface area contributed by atoms with Gasteiger partial charge in [0.25, 0.3) is 0 Å². The normalized spacial score (nSPS) is 12.6.